The van der Waals surface area contributed by atoms with Gasteiger partial charge in [-0.1, -0.05) is 63.5 Å². The Balaban J connectivity index is 1.58. The summed E-state index contributed by atoms with van der Waals surface area (Å²) in [6.45, 7) is 22.3. The molecule has 1 saturated heterocycles. The number of aromatic nitrogens is 2. The van der Waals surface area contributed by atoms with Crippen LogP contribution in [0.3, 0.4) is 0 Å². The van der Waals surface area contributed by atoms with Crippen molar-refractivity contribution >= 4 is 43.8 Å². The molecule has 2 N–H and O–H groups in total. The molecule has 0 saturated carbocycles. The van der Waals surface area contributed by atoms with Crippen molar-refractivity contribution in [3.63, 3.8) is 0 Å². The predicted octanol–water partition coefficient (Wildman–Crippen LogP) is 9.06. The van der Waals surface area contributed by atoms with Crippen LogP contribution in [0.4, 0.5) is 15.0 Å². The lowest BCUT2D eigenvalue weighted by atomic mass is 9.86. The standard InChI is InChI=1S/C39H53BrFN5O5S/c1-36(2,3)25-17-18-42-31(19-25)30(16-15-24-22-39(10,11)46(23-24)35(48)51-38(7,8)9)43-32-13-12-14-33(44-32)52(49,50)45-34(47)26-20-28(40)27(21-29(26)41)37(4,5)6/h12-14,17-21,24,30H,15-16,22-23H2,1-11H3,(H,43,44)(H,45,47)/t24-,30?/m0/s1. The monoisotopic (exact) mass is 801 g/mol. The zero-order valence-electron chi connectivity index (χ0n) is 32.1. The second-order valence-electron chi connectivity index (χ2n) is 17.3. The largest absolute Gasteiger partial charge is 0.444 e. The fourth-order valence-corrected chi connectivity index (χ4v) is 8.24. The Bertz CT molecular complexity index is 1910. The van der Waals surface area contributed by atoms with Crippen molar-refractivity contribution in [3.05, 3.63) is 81.3 Å². The van der Waals surface area contributed by atoms with Crippen LogP contribution >= 0.6 is 15.9 Å². The van der Waals surface area contributed by atoms with Gasteiger partial charge in [-0.15, -0.1) is 0 Å². The van der Waals surface area contributed by atoms with Crippen molar-refractivity contribution in [2.45, 2.75) is 128 Å². The lowest BCUT2D eigenvalue weighted by molar-refractivity contribution is 0.0130. The zero-order chi connectivity index (χ0) is 39.0. The molecule has 2 aromatic heterocycles. The first-order valence-corrected chi connectivity index (χ1v) is 19.8. The Morgan fingerprint density at radius 3 is 2.33 bits per heavy atom. The van der Waals surface area contributed by atoms with Crippen LogP contribution in [-0.2, 0) is 25.6 Å². The van der Waals surface area contributed by atoms with Gasteiger partial charge in [0.05, 0.1) is 17.3 Å². The summed E-state index contributed by atoms with van der Waals surface area (Å²) in [4.78, 5) is 37.0. The minimum atomic E-state index is -4.49. The Hall–Kier alpha value is -3.58. The molecule has 1 aliphatic heterocycles. The van der Waals surface area contributed by atoms with Crippen LogP contribution in [0.1, 0.15) is 129 Å². The molecule has 2 amide bonds. The summed E-state index contributed by atoms with van der Waals surface area (Å²) >= 11 is 3.39. The smallest absolute Gasteiger partial charge is 0.410 e. The molecule has 0 aliphatic carbocycles. The van der Waals surface area contributed by atoms with Crippen LogP contribution in [0.15, 0.2) is 58.2 Å². The van der Waals surface area contributed by atoms with Crippen LogP contribution in [0.5, 0.6) is 0 Å². The van der Waals surface area contributed by atoms with Crippen molar-refractivity contribution in [1.82, 2.24) is 19.6 Å². The molecule has 10 nitrogen and oxygen atoms in total. The van der Waals surface area contributed by atoms with Crippen LogP contribution in [-0.4, -0.2) is 53.0 Å². The molecule has 1 aliphatic rings. The number of pyridine rings is 2. The number of amides is 2. The molecule has 0 spiro atoms. The average molecular weight is 803 g/mol. The molecule has 284 valence electrons. The number of likely N-dealkylation sites (tertiary alicyclic amines) is 1. The number of halogens is 2. The van der Waals surface area contributed by atoms with Gasteiger partial charge in [-0.3, -0.25) is 9.78 Å². The first-order valence-electron chi connectivity index (χ1n) is 17.5. The van der Waals surface area contributed by atoms with E-state index in [1.54, 1.807) is 17.2 Å². The van der Waals surface area contributed by atoms with Gasteiger partial charge in [0.25, 0.3) is 15.9 Å². The second kappa shape index (κ2) is 15.0. The minimum absolute atomic E-state index is 0.141. The van der Waals surface area contributed by atoms with Gasteiger partial charge >= 0.3 is 6.09 Å². The average Bonchev–Trinajstić information content (AvgIpc) is 3.32. The minimum Gasteiger partial charge on any atom is -0.444 e. The van der Waals surface area contributed by atoms with Gasteiger partial charge < -0.3 is 15.0 Å². The Labute approximate surface area is 316 Å². The van der Waals surface area contributed by atoms with Crippen molar-refractivity contribution in [3.8, 4) is 0 Å². The number of anilines is 1. The van der Waals surface area contributed by atoms with E-state index < -0.39 is 43.4 Å². The molecule has 1 fully saturated rings. The summed E-state index contributed by atoms with van der Waals surface area (Å²) in [7, 11) is -4.49. The van der Waals surface area contributed by atoms with Gasteiger partial charge in [0.2, 0.25) is 0 Å². The molecular weight excluding hydrogens is 749 g/mol. The van der Waals surface area contributed by atoms with Crippen LogP contribution in [0.2, 0.25) is 0 Å². The van der Waals surface area contributed by atoms with Crippen molar-refractivity contribution < 1.29 is 27.1 Å². The summed E-state index contributed by atoms with van der Waals surface area (Å²) in [6, 6.07) is 10.6. The lowest BCUT2D eigenvalue weighted by Gasteiger charge is -2.33. The van der Waals surface area contributed by atoms with Crippen LogP contribution < -0.4 is 10.0 Å². The number of nitrogens with zero attached hydrogens (tertiary/aromatic N) is 3. The number of hydrogen-bond acceptors (Lipinski definition) is 8. The number of benzene rings is 1. The van der Waals surface area contributed by atoms with Crippen LogP contribution in [0.25, 0.3) is 0 Å². The highest BCUT2D eigenvalue weighted by atomic mass is 79.9. The Kier molecular flexibility index (Phi) is 11.9. The summed E-state index contributed by atoms with van der Waals surface area (Å²) in [5.41, 5.74) is 0.531. The second-order valence-corrected chi connectivity index (χ2v) is 19.8. The number of carbonyl (C=O) groups is 2. The topological polar surface area (TPSA) is 131 Å². The quantitative estimate of drug-likeness (QED) is 0.219. The highest BCUT2D eigenvalue weighted by molar-refractivity contribution is 9.10. The lowest BCUT2D eigenvalue weighted by Crippen LogP contribution is -2.45. The maximum absolute atomic E-state index is 15.1. The molecule has 3 aromatic rings. The van der Waals surface area contributed by atoms with E-state index in [9.17, 15) is 18.0 Å². The summed E-state index contributed by atoms with van der Waals surface area (Å²) in [5.74, 6) is -1.50. The maximum atomic E-state index is 15.1. The van der Waals surface area contributed by atoms with Crippen LogP contribution in [0, 0.1) is 11.7 Å². The SMILES string of the molecule is CC(C)(C)OC(=O)N1C[C@@H](CCC(Nc2cccc(S(=O)(=O)NC(=O)c3cc(Br)c(C(C)(C)C)cc3F)n2)c2cc(C(C)(C)C)ccn2)CC1(C)C. The number of hydrogen-bond donors (Lipinski definition) is 2. The van der Waals surface area contributed by atoms with Gasteiger partial charge in [-0.25, -0.2) is 18.9 Å². The molecule has 13 heteroatoms. The third-order valence-corrected chi connectivity index (χ3v) is 11.0. The molecule has 52 heavy (non-hydrogen) atoms. The van der Waals surface area contributed by atoms with E-state index in [2.05, 4.69) is 47.0 Å². The number of rotatable bonds is 9. The Morgan fingerprint density at radius 2 is 1.71 bits per heavy atom. The molecule has 4 rings (SSSR count). The Morgan fingerprint density at radius 1 is 1.04 bits per heavy atom. The van der Waals surface area contributed by atoms with E-state index in [0.717, 1.165) is 24.1 Å². The van der Waals surface area contributed by atoms with Gasteiger partial charge in [0.15, 0.2) is 5.03 Å². The number of sulfonamides is 1. The fraction of sp³-hybridized carbons (Fsp3) is 0.538. The van der Waals surface area contributed by atoms with Crippen molar-refractivity contribution in [2.24, 2.45) is 5.92 Å². The van der Waals surface area contributed by atoms with E-state index in [-0.39, 0.29) is 34.8 Å². The zero-order valence-corrected chi connectivity index (χ0v) is 34.6. The van der Waals surface area contributed by atoms with Gasteiger partial charge in [0, 0.05) is 22.8 Å². The number of carbonyl (C=O) groups excluding carboxylic acids is 2. The molecule has 1 aromatic carbocycles. The van der Waals surface area contributed by atoms with Crippen molar-refractivity contribution in [2.75, 3.05) is 11.9 Å². The molecule has 3 heterocycles. The van der Waals surface area contributed by atoms with E-state index in [0.29, 0.717) is 23.0 Å². The fourth-order valence-electron chi connectivity index (χ4n) is 6.37. The van der Waals surface area contributed by atoms with Gasteiger partial charge in [0.1, 0.15) is 17.2 Å². The summed E-state index contributed by atoms with van der Waals surface area (Å²) < 4.78 is 50.1. The molecule has 0 bridgehead atoms. The molecule has 1 unspecified atom stereocenters. The van der Waals surface area contributed by atoms with E-state index in [1.807, 2.05) is 72.2 Å². The van der Waals surface area contributed by atoms with E-state index in [4.69, 9.17) is 9.72 Å². The number of nitrogens with one attached hydrogen (secondary N) is 2. The normalized spacial score (nSPS) is 17.1. The highest BCUT2D eigenvalue weighted by Gasteiger charge is 2.43. The first kappa shape index (κ1) is 41.2. The number of ether oxygens (including phenoxy) is 1. The third-order valence-electron chi connectivity index (χ3n) is 9.10. The highest BCUT2D eigenvalue weighted by Crippen LogP contribution is 2.38. The van der Waals surface area contributed by atoms with Gasteiger partial charge in [-0.2, -0.15) is 8.42 Å². The van der Waals surface area contributed by atoms with Crippen molar-refractivity contribution in [1.29, 1.82) is 0 Å². The molecule has 0 radical (unpaired) electrons. The first-order chi connectivity index (χ1) is 23.8. The summed E-state index contributed by atoms with van der Waals surface area (Å²) in [5, 5.41) is 2.99. The molecular formula is C39H53BrFN5O5S. The predicted molar refractivity (Wildman–Crippen MR) is 205 cm³/mol. The molecule has 2 atom stereocenters. The van der Waals surface area contributed by atoms with Gasteiger partial charge in [-0.05, 0) is 118 Å². The maximum Gasteiger partial charge on any atom is 0.410 e. The van der Waals surface area contributed by atoms with E-state index in [1.165, 1.54) is 24.3 Å². The third kappa shape index (κ3) is 10.3. The summed E-state index contributed by atoms with van der Waals surface area (Å²) in [6.07, 6.45) is 3.57. The van der Waals surface area contributed by atoms with E-state index >= 15 is 4.39 Å².